The van der Waals surface area contributed by atoms with Crippen LogP contribution >= 0.6 is 0 Å². The first kappa shape index (κ1) is 12.8. The predicted octanol–water partition coefficient (Wildman–Crippen LogP) is 1.02. The molecule has 0 aliphatic carbocycles. The second kappa shape index (κ2) is 5.83. The highest BCUT2D eigenvalue weighted by molar-refractivity contribution is 5.53. The Hall–Kier alpha value is -2.21. The summed E-state index contributed by atoms with van der Waals surface area (Å²) in [5.74, 6) is 0.758. The molecule has 1 atom stereocenters. The monoisotopic (exact) mass is 270 g/mol. The van der Waals surface area contributed by atoms with Crippen LogP contribution in [0.4, 0.5) is 11.5 Å². The van der Waals surface area contributed by atoms with Gasteiger partial charge in [-0.15, -0.1) is 5.10 Å². The Kier molecular flexibility index (Phi) is 3.73. The molecule has 0 radical (unpaired) electrons. The maximum absolute atomic E-state index is 5.93. The second-order valence-corrected chi connectivity index (χ2v) is 4.97. The zero-order valence-electron chi connectivity index (χ0n) is 11.2. The largest absolute Gasteiger partial charge is 0.369 e. The Bertz CT molecular complexity index is 559. The van der Waals surface area contributed by atoms with E-state index in [1.807, 2.05) is 24.3 Å². The molecule has 2 aromatic rings. The van der Waals surface area contributed by atoms with Crippen molar-refractivity contribution in [2.45, 2.75) is 19.0 Å². The molecule has 3 heterocycles. The average Bonchev–Trinajstić information content (AvgIpc) is 2.93. The molecule has 0 bridgehead atoms. The van der Waals surface area contributed by atoms with Gasteiger partial charge >= 0.3 is 0 Å². The number of anilines is 2. The van der Waals surface area contributed by atoms with Crippen LogP contribution in [-0.4, -0.2) is 34.3 Å². The van der Waals surface area contributed by atoms with Crippen LogP contribution in [0.15, 0.2) is 36.7 Å². The van der Waals surface area contributed by atoms with Gasteiger partial charge in [-0.3, -0.25) is 4.98 Å². The van der Waals surface area contributed by atoms with E-state index in [0.29, 0.717) is 6.54 Å². The Morgan fingerprint density at radius 2 is 2.35 bits per heavy atom. The van der Waals surface area contributed by atoms with E-state index in [1.54, 1.807) is 12.4 Å². The molecule has 0 spiro atoms. The third-order valence-corrected chi connectivity index (χ3v) is 3.41. The van der Waals surface area contributed by atoms with Gasteiger partial charge < -0.3 is 16.0 Å². The molecule has 0 amide bonds. The highest BCUT2D eigenvalue weighted by Gasteiger charge is 2.19. The highest BCUT2D eigenvalue weighted by Crippen LogP contribution is 2.20. The minimum absolute atomic E-state index is 0.257. The standard InChI is InChI=1S/C14H18N6/c15-11-4-6-20(10-11)13-7-14(19-18-9-13)17-8-12-3-1-2-5-16-12/h1-3,5,7,9,11H,4,6,8,10,15H2,(H,17,19). The number of hydrogen-bond acceptors (Lipinski definition) is 6. The van der Waals surface area contributed by atoms with Gasteiger partial charge in [-0.1, -0.05) is 6.07 Å². The lowest BCUT2D eigenvalue weighted by molar-refractivity contribution is 0.752. The first-order valence-electron chi connectivity index (χ1n) is 6.78. The summed E-state index contributed by atoms with van der Waals surface area (Å²) in [5, 5.41) is 11.4. The van der Waals surface area contributed by atoms with E-state index in [1.165, 1.54) is 0 Å². The van der Waals surface area contributed by atoms with Crippen molar-refractivity contribution in [1.29, 1.82) is 0 Å². The molecule has 6 heteroatoms. The van der Waals surface area contributed by atoms with Crippen molar-refractivity contribution >= 4 is 11.5 Å². The first-order chi connectivity index (χ1) is 9.81. The van der Waals surface area contributed by atoms with Gasteiger partial charge in [0.25, 0.3) is 0 Å². The van der Waals surface area contributed by atoms with Crippen molar-refractivity contribution in [3.05, 3.63) is 42.4 Å². The summed E-state index contributed by atoms with van der Waals surface area (Å²) in [7, 11) is 0. The topological polar surface area (TPSA) is 80.0 Å². The maximum atomic E-state index is 5.93. The van der Waals surface area contributed by atoms with Crippen LogP contribution < -0.4 is 16.0 Å². The molecule has 104 valence electrons. The van der Waals surface area contributed by atoms with Crippen molar-refractivity contribution < 1.29 is 0 Å². The van der Waals surface area contributed by atoms with Crippen molar-refractivity contribution in [3.63, 3.8) is 0 Å². The van der Waals surface area contributed by atoms with Crippen molar-refractivity contribution in [3.8, 4) is 0 Å². The maximum Gasteiger partial charge on any atom is 0.151 e. The van der Waals surface area contributed by atoms with Crippen molar-refractivity contribution in [2.75, 3.05) is 23.3 Å². The van der Waals surface area contributed by atoms with Crippen LogP contribution in [0.5, 0.6) is 0 Å². The number of pyridine rings is 1. The van der Waals surface area contributed by atoms with Crippen LogP contribution in [0.2, 0.25) is 0 Å². The summed E-state index contributed by atoms with van der Waals surface area (Å²) in [6.07, 6.45) is 4.59. The van der Waals surface area contributed by atoms with E-state index in [2.05, 4.69) is 25.4 Å². The zero-order chi connectivity index (χ0) is 13.8. The van der Waals surface area contributed by atoms with Crippen LogP contribution in [0, 0.1) is 0 Å². The number of nitrogens with one attached hydrogen (secondary N) is 1. The molecule has 2 aromatic heterocycles. The average molecular weight is 270 g/mol. The second-order valence-electron chi connectivity index (χ2n) is 4.97. The molecule has 1 saturated heterocycles. The SMILES string of the molecule is NC1CCN(c2cnnc(NCc3ccccn3)c2)C1. The fourth-order valence-electron chi connectivity index (χ4n) is 2.32. The molecule has 1 aliphatic rings. The molecule has 1 aliphatic heterocycles. The van der Waals surface area contributed by atoms with Gasteiger partial charge in [0.15, 0.2) is 5.82 Å². The summed E-state index contributed by atoms with van der Waals surface area (Å²) in [6, 6.07) is 8.11. The van der Waals surface area contributed by atoms with Gasteiger partial charge in [0.1, 0.15) is 0 Å². The van der Waals surface area contributed by atoms with Gasteiger partial charge in [0.05, 0.1) is 24.1 Å². The smallest absolute Gasteiger partial charge is 0.151 e. The molecule has 20 heavy (non-hydrogen) atoms. The van der Waals surface area contributed by atoms with E-state index < -0.39 is 0 Å². The molecular weight excluding hydrogens is 252 g/mol. The molecule has 0 saturated carbocycles. The van der Waals surface area contributed by atoms with E-state index in [4.69, 9.17) is 5.73 Å². The fourth-order valence-corrected chi connectivity index (χ4v) is 2.32. The summed E-state index contributed by atoms with van der Waals surface area (Å²) in [5.41, 5.74) is 7.97. The highest BCUT2D eigenvalue weighted by atomic mass is 15.2. The van der Waals surface area contributed by atoms with Crippen LogP contribution in [0.1, 0.15) is 12.1 Å². The number of aromatic nitrogens is 3. The molecular formula is C14H18N6. The Morgan fingerprint density at radius 3 is 3.10 bits per heavy atom. The third-order valence-electron chi connectivity index (χ3n) is 3.41. The molecule has 0 aromatic carbocycles. The molecule has 1 unspecified atom stereocenters. The molecule has 3 rings (SSSR count). The fraction of sp³-hybridized carbons (Fsp3) is 0.357. The lowest BCUT2D eigenvalue weighted by atomic mass is 10.3. The third kappa shape index (κ3) is 3.03. The zero-order valence-corrected chi connectivity index (χ0v) is 11.2. The van der Waals surface area contributed by atoms with Gasteiger partial charge in [0, 0.05) is 31.4 Å². The summed E-state index contributed by atoms with van der Waals surface area (Å²) in [6.45, 7) is 2.50. The Balaban J connectivity index is 1.65. The number of rotatable bonds is 4. The van der Waals surface area contributed by atoms with Crippen molar-refractivity contribution in [1.82, 2.24) is 15.2 Å². The quantitative estimate of drug-likeness (QED) is 0.863. The predicted molar refractivity (Wildman–Crippen MR) is 78.4 cm³/mol. The lowest BCUT2D eigenvalue weighted by Crippen LogP contribution is -2.26. The minimum atomic E-state index is 0.257. The number of nitrogens with zero attached hydrogens (tertiary/aromatic N) is 4. The molecule has 1 fully saturated rings. The lowest BCUT2D eigenvalue weighted by Gasteiger charge is -2.17. The van der Waals surface area contributed by atoms with Gasteiger partial charge in [-0.25, -0.2) is 0 Å². The number of hydrogen-bond donors (Lipinski definition) is 2. The Labute approximate surface area is 118 Å². The molecule has 6 nitrogen and oxygen atoms in total. The minimum Gasteiger partial charge on any atom is -0.369 e. The van der Waals surface area contributed by atoms with Gasteiger partial charge in [0.2, 0.25) is 0 Å². The van der Waals surface area contributed by atoms with Gasteiger partial charge in [-0.2, -0.15) is 5.10 Å². The summed E-state index contributed by atoms with van der Waals surface area (Å²) in [4.78, 5) is 6.51. The Morgan fingerprint density at radius 1 is 1.40 bits per heavy atom. The van der Waals surface area contributed by atoms with Gasteiger partial charge in [-0.05, 0) is 18.6 Å². The van der Waals surface area contributed by atoms with Crippen LogP contribution in [0.25, 0.3) is 0 Å². The van der Waals surface area contributed by atoms with Crippen molar-refractivity contribution in [2.24, 2.45) is 5.73 Å². The van der Waals surface area contributed by atoms with E-state index in [0.717, 1.165) is 36.7 Å². The normalized spacial score (nSPS) is 18.2. The number of nitrogens with two attached hydrogens (primary N) is 1. The van der Waals surface area contributed by atoms with Crippen LogP contribution in [-0.2, 0) is 6.54 Å². The summed E-state index contributed by atoms with van der Waals surface area (Å²) < 4.78 is 0. The summed E-state index contributed by atoms with van der Waals surface area (Å²) >= 11 is 0. The van der Waals surface area contributed by atoms with E-state index >= 15 is 0 Å². The molecule has 3 N–H and O–H groups in total. The van der Waals surface area contributed by atoms with E-state index in [-0.39, 0.29) is 6.04 Å². The first-order valence-corrected chi connectivity index (χ1v) is 6.78. The van der Waals surface area contributed by atoms with E-state index in [9.17, 15) is 0 Å². The van der Waals surface area contributed by atoms with Crippen LogP contribution in [0.3, 0.4) is 0 Å².